The highest BCUT2D eigenvalue weighted by atomic mass is 32.2. The van der Waals surface area contributed by atoms with Crippen LogP contribution in [0.15, 0.2) is 66.2 Å². The standard InChI is InChI=1S/C21H20N2O5S/c1-15(23-29(26,27)12-11-16-7-3-2-4-8-16)21(25)28-14-20(24)18-13-22-19-10-6-5-9-17(18)19/h2-13,15,22-23H,14H2,1H3/b12-11+. The maximum atomic E-state index is 12.3. The molecule has 0 amide bonds. The molecule has 0 aliphatic rings. The lowest BCUT2D eigenvalue weighted by molar-refractivity contribution is -0.144. The van der Waals surface area contributed by atoms with E-state index in [0.717, 1.165) is 16.3 Å². The van der Waals surface area contributed by atoms with E-state index in [1.54, 1.807) is 42.6 Å². The van der Waals surface area contributed by atoms with Crippen LogP contribution in [-0.2, 0) is 19.6 Å². The van der Waals surface area contributed by atoms with Gasteiger partial charge in [0.2, 0.25) is 15.8 Å². The van der Waals surface area contributed by atoms with Gasteiger partial charge in [-0.25, -0.2) is 8.42 Å². The second-order valence-electron chi connectivity index (χ2n) is 6.38. The Morgan fingerprint density at radius 1 is 1.10 bits per heavy atom. The average Bonchev–Trinajstić information content (AvgIpc) is 3.15. The molecule has 0 bridgehead atoms. The maximum absolute atomic E-state index is 12.3. The van der Waals surface area contributed by atoms with E-state index in [9.17, 15) is 18.0 Å². The van der Waals surface area contributed by atoms with E-state index >= 15 is 0 Å². The summed E-state index contributed by atoms with van der Waals surface area (Å²) in [4.78, 5) is 27.4. The lowest BCUT2D eigenvalue weighted by atomic mass is 10.1. The largest absolute Gasteiger partial charge is 0.456 e. The molecule has 0 radical (unpaired) electrons. The van der Waals surface area contributed by atoms with Gasteiger partial charge in [0, 0.05) is 28.1 Å². The van der Waals surface area contributed by atoms with E-state index < -0.39 is 28.6 Å². The summed E-state index contributed by atoms with van der Waals surface area (Å²) < 4.78 is 31.4. The van der Waals surface area contributed by atoms with Gasteiger partial charge in [-0.15, -0.1) is 0 Å². The Morgan fingerprint density at radius 3 is 2.55 bits per heavy atom. The van der Waals surface area contributed by atoms with Crippen LogP contribution in [0.1, 0.15) is 22.8 Å². The van der Waals surface area contributed by atoms with Gasteiger partial charge in [-0.2, -0.15) is 4.72 Å². The molecule has 0 saturated carbocycles. The normalized spacial score (nSPS) is 12.9. The molecule has 0 saturated heterocycles. The fraction of sp³-hybridized carbons (Fsp3) is 0.143. The first-order valence-electron chi connectivity index (χ1n) is 8.87. The van der Waals surface area contributed by atoms with Crippen molar-refractivity contribution in [2.24, 2.45) is 0 Å². The monoisotopic (exact) mass is 412 g/mol. The minimum atomic E-state index is -3.86. The number of nitrogens with one attached hydrogen (secondary N) is 2. The minimum Gasteiger partial charge on any atom is -0.456 e. The molecule has 1 unspecified atom stereocenters. The third kappa shape index (κ3) is 5.40. The van der Waals surface area contributed by atoms with E-state index in [-0.39, 0.29) is 5.78 Å². The number of fused-ring (bicyclic) bond motifs is 1. The predicted molar refractivity (Wildman–Crippen MR) is 111 cm³/mol. The summed E-state index contributed by atoms with van der Waals surface area (Å²) in [7, 11) is -3.86. The molecule has 0 aliphatic carbocycles. The van der Waals surface area contributed by atoms with Crippen molar-refractivity contribution in [1.82, 2.24) is 9.71 Å². The number of hydrogen-bond acceptors (Lipinski definition) is 5. The van der Waals surface area contributed by atoms with Gasteiger partial charge in [-0.3, -0.25) is 9.59 Å². The van der Waals surface area contributed by atoms with Gasteiger partial charge in [-0.05, 0) is 24.6 Å². The Hall–Kier alpha value is -3.23. The number of carbonyl (C=O) groups excluding carboxylic acids is 2. The Kier molecular flexibility index (Phi) is 6.26. The summed E-state index contributed by atoms with van der Waals surface area (Å²) in [5, 5.41) is 1.71. The molecule has 2 N–H and O–H groups in total. The van der Waals surface area contributed by atoms with Crippen LogP contribution in [0.5, 0.6) is 0 Å². The molecule has 29 heavy (non-hydrogen) atoms. The summed E-state index contributed by atoms with van der Waals surface area (Å²) in [5.74, 6) is -1.22. The zero-order chi connectivity index (χ0) is 20.9. The van der Waals surface area contributed by atoms with E-state index in [1.807, 2.05) is 18.2 Å². The molecule has 0 aliphatic heterocycles. The molecule has 2 aromatic carbocycles. The second kappa shape index (κ2) is 8.85. The molecule has 3 aromatic rings. The zero-order valence-electron chi connectivity index (χ0n) is 15.7. The van der Waals surface area contributed by atoms with Gasteiger partial charge in [0.15, 0.2) is 6.61 Å². The van der Waals surface area contributed by atoms with E-state index in [2.05, 4.69) is 9.71 Å². The minimum absolute atomic E-state index is 0.380. The smallest absolute Gasteiger partial charge is 0.324 e. The zero-order valence-corrected chi connectivity index (χ0v) is 16.5. The van der Waals surface area contributed by atoms with Crippen LogP contribution in [0, 0.1) is 0 Å². The molecule has 1 aromatic heterocycles. The average molecular weight is 412 g/mol. The number of ketones is 1. The van der Waals surface area contributed by atoms with Crippen LogP contribution in [0.4, 0.5) is 0 Å². The number of sulfonamides is 1. The number of benzene rings is 2. The molecule has 1 heterocycles. The van der Waals surface area contributed by atoms with Crippen molar-refractivity contribution in [2.45, 2.75) is 13.0 Å². The molecular formula is C21H20N2O5S. The second-order valence-corrected chi connectivity index (χ2v) is 7.97. The topological polar surface area (TPSA) is 105 Å². The van der Waals surface area contributed by atoms with E-state index in [1.165, 1.54) is 13.0 Å². The van der Waals surface area contributed by atoms with Crippen molar-refractivity contribution >= 4 is 38.8 Å². The summed E-state index contributed by atoms with van der Waals surface area (Å²) in [6, 6.07) is 15.0. The number of carbonyl (C=O) groups is 2. The Balaban J connectivity index is 1.56. The lowest BCUT2D eigenvalue weighted by Gasteiger charge is -2.11. The maximum Gasteiger partial charge on any atom is 0.324 e. The van der Waals surface area contributed by atoms with E-state index in [0.29, 0.717) is 11.1 Å². The van der Waals surface area contributed by atoms with Gasteiger partial charge in [0.1, 0.15) is 6.04 Å². The molecule has 0 fully saturated rings. The van der Waals surface area contributed by atoms with Crippen LogP contribution >= 0.6 is 0 Å². The summed E-state index contributed by atoms with van der Waals surface area (Å²) in [6.45, 7) is 0.874. The molecule has 150 valence electrons. The molecular weight excluding hydrogens is 392 g/mol. The lowest BCUT2D eigenvalue weighted by Crippen LogP contribution is -2.39. The van der Waals surface area contributed by atoms with Crippen molar-refractivity contribution in [3.8, 4) is 0 Å². The Morgan fingerprint density at radius 2 is 1.79 bits per heavy atom. The van der Waals surface area contributed by atoms with Gasteiger partial charge < -0.3 is 9.72 Å². The van der Waals surface area contributed by atoms with Crippen LogP contribution < -0.4 is 4.72 Å². The van der Waals surface area contributed by atoms with Crippen molar-refractivity contribution in [3.63, 3.8) is 0 Å². The predicted octanol–water partition coefficient (Wildman–Crippen LogP) is 2.87. The van der Waals surface area contributed by atoms with Crippen molar-refractivity contribution in [1.29, 1.82) is 0 Å². The Labute approximate surface area is 168 Å². The number of ether oxygens (including phenoxy) is 1. The number of rotatable bonds is 8. The first kappa shape index (κ1) is 20.5. The van der Waals surface area contributed by atoms with Gasteiger partial charge >= 0.3 is 5.97 Å². The summed E-state index contributed by atoms with van der Waals surface area (Å²) in [6.07, 6.45) is 2.97. The van der Waals surface area contributed by atoms with Crippen LogP contribution in [-0.4, -0.2) is 37.8 Å². The van der Waals surface area contributed by atoms with Crippen LogP contribution in [0.25, 0.3) is 17.0 Å². The highest BCUT2D eigenvalue weighted by Crippen LogP contribution is 2.18. The van der Waals surface area contributed by atoms with E-state index in [4.69, 9.17) is 4.74 Å². The van der Waals surface area contributed by atoms with Crippen molar-refractivity contribution < 1.29 is 22.7 Å². The number of H-pyrrole nitrogens is 1. The van der Waals surface area contributed by atoms with Gasteiger partial charge in [0.25, 0.3) is 0 Å². The molecule has 3 rings (SSSR count). The number of aromatic amines is 1. The fourth-order valence-electron chi connectivity index (χ4n) is 2.71. The number of esters is 1. The molecule has 8 heteroatoms. The molecule has 1 atom stereocenters. The van der Waals surface area contributed by atoms with Crippen LogP contribution in [0.2, 0.25) is 0 Å². The quantitative estimate of drug-likeness (QED) is 0.437. The highest BCUT2D eigenvalue weighted by molar-refractivity contribution is 7.92. The summed E-state index contributed by atoms with van der Waals surface area (Å²) in [5.41, 5.74) is 1.92. The van der Waals surface area contributed by atoms with Crippen LogP contribution in [0.3, 0.4) is 0 Å². The van der Waals surface area contributed by atoms with Gasteiger partial charge in [0.05, 0.1) is 0 Å². The number of Topliss-reactive ketones (excluding diaryl/α,β-unsaturated/α-hetero) is 1. The number of hydrogen-bond donors (Lipinski definition) is 2. The fourth-order valence-corrected chi connectivity index (χ4v) is 3.71. The van der Waals surface area contributed by atoms with Crippen molar-refractivity contribution in [2.75, 3.05) is 6.61 Å². The summed E-state index contributed by atoms with van der Waals surface area (Å²) >= 11 is 0. The first-order valence-corrected chi connectivity index (χ1v) is 10.4. The number of aromatic nitrogens is 1. The molecule has 0 spiro atoms. The highest BCUT2D eigenvalue weighted by Gasteiger charge is 2.21. The first-order chi connectivity index (χ1) is 13.9. The SMILES string of the molecule is CC(NS(=O)(=O)/C=C/c1ccccc1)C(=O)OCC(=O)c1c[nH]c2ccccc12. The number of para-hydroxylation sites is 1. The molecule has 7 nitrogen and oxygen atoms in total. The third-order valence-corrected chi connectivity index (χ3v) is 5.35. The van der Waals surface area contributed by atoms with Gasteiger partial charge in [-0.1, -0.05) is 48.5 Å². The van der Waals surface area contributed by atoms with Crippen molar-refractivity contribution in [3.05, 3.63) is 77.3 Å². The Bertz CT molecular complexity index is 1150. The third-order valence-electron chi connectivity index (χ3n) is 4.17.